The van der Waals surface area contributed by atoms with Gasteiger partial charge in [0, 0.05) is 14.7 Å². The number of nitrogens with zero attached hydrogens (tertiary/aromatic N) is 2. The number of halogens is 1. The molecule has 0 aliphatic rings. The minimum absolute atomic E-state index is 0.259. The lowest BCUT2D eigenvalue weighted by Gasteiger charge is -2.02. The Bertz CT molecular complexity index is 525. The van der Waals surface area contributed by atoms with E-state index in [0.717, 1.165) is 9.35 Å². The zero-order chi connectivity index (χ0) is 12.3. The number of rotatable bonds is 3. The third-order valence-corrected chi connectivity index (χ3v) is 3.66. The average Bonchev–Trinajstić information content (AvgIpc) is 2.73. The maximum Gasteiger partial charge on any atom is 0.272 e. The van der Waals surface area contributed by atoms with Gasteiger partial charge in [-0.1, -0.05) is 0 Å². The summed E-state index contributed by atoms with van der Waals surface area (Å²) in [5.41, 5.74) is 5.64. The molecule has 0 spiro atoms. The third kappa shape index (κ3) is 3.24. The van der Waals surface area contributed by atoms with E-state index in [1.807, 2.05) is 11.4 Å². The van der Waals surface area contributed by atoms with Crippen LogP contribution in [-0.2, 0) is 6.54 Å². The quantitative estimate of drug-likeness (QED) is 0.905. The number of nitrogen functional groups attached to an aromatic ring is 1. The standard InChI is InChI=1S/C10H9BrN4OS/c11-6-3-7(17-5-6)4-13-10(16)8-1-2-9(12)15-14-8/h1-3,5H,4H2,(H2,12,15)(H,13,16). The van der Waals surface area contributed by atoms with Crippen molar-refractivity contribution in [2.75, 3.05) is 5.73 Å². The summed E-state index contributed by atoms with van der Waals surface area (Å²) in [6, 6.07) is 5.05. The number of amides is 1. The molecule has 2 rings (SSSR count). The lowest BCUT2D eigenvalue weighted by atomic mass is 10.3. The summed E-state index contributed by atoms with van der Waals surface area (Å²) in [6.07, 6.45) is 0. The summed E-state index contributed by atoms with van der Waals surface area (Å²) in [5, 5.41) is 12.0. The molecule has 0 aliphatic heterocycles. The molecule has 2 heterocycles. The number of hydrogen-bond donors (Lipinski definition) is 2. The smallest absolute Gasteiger partial charge is 0.272 e. The van der Waals surface area contributed by atoms with Gasteiger partial charge in [0.25, 0.3) is 5.91 Å². The molecule has 0 radical (unpaired) electrons. The van der Waals surface area contributed by atoms with E-state index in [1.54, 1.807) is 23.5 Å². The van der Waals surface area contributed by atoms with E-state index in [1.165, 1.54) is 0 Å². The topological polar surface area (TPSA) is 80.9 Å². The van der Waals surface area contributed by atoms with E-state index in [4.69, 9.17) is 5.73 Å². The molecule has 0 unspecified atom stereocenters. The number of thiophene rings is 1. The van der Waals surface area contributed by atoms with Gasteiger partial charge in [-0.25, -0.2) is 0 Å². The lowest BCUT2D eigenvalue weighted by Crippen LogP contribution is -2.23. The van der Waals surface area contributed by atoms with Crippen LogP contribution in [0.15, 0.2) is 28.1 Å². The van der Waals surface area contributed by atoms with E-state index in [-0.39, 0.29) is 11.6 Å². The molecule has 0 aromatic carbocycles. The average molecular weight is 313 g/mol. The Labute approximate surface area is 110 Å². The van der Waals surface area contributed by atoms with Gasteiger partial charge in [0.2, 0.25) is 0 Å². The molecule has 0 aliphatic carbocycles. The van der Waals surface area contributed by atoms with E-state index < -0.39 is 0 Å². The number of nitrogens with one attached hydrogen (secondary N) is 1. The first-order valence-electron chi connectivity index (χ1n) is 4.75. The number of hydrogen-bond acceptors (Lipinski definition) is 5. The van der Waals surface area contributed by atoms with Crippen molar-refractivity contribution in [1.29, 1.82) is 0 Å². The Morgan fingerprint density at radius 1 is 1.47 bits per heavy atom. The monoisotopic (exact) mass is 312 g/mol. The Balaban J connectivity index is 1.95. The predicted molar refractivity (Wildman–Crippen MR) is 69.6 cm³/mol. The molecule has 0 bridgehead atoms. The normalized spacial score (nSPS) is 10.2. The maximum atomic E-state index is 11.7. The molecule has 3 N–H and O–H groups in total. The number of nitrogens with two attached hydrogens (primary N) is 1. The van der Waals surface area contributed by atoms with Crippen molar-refractivity contribution in [2.45, 2.75) is 6.54 Å². The summed E-state index contributed by atoms with van der Waals surface area (Å²) in [4.78, 5) is 12.7. The van der Waals surface area contributed by atoms with Crippen molar-refractivity contribution < 1.29 is 4.79 Å². The second kappa shape index (κ2) is 5.24. The number of aromatic nitrogens is 2. The molecular formula is C10H9BrN4OS. The first kappa shape index (κ1) is 12.0. The zero-order valence-electron chi connectivity index (χ0n) is 8.68. The van der Waals surface area contributed by atoms with Crippen LogP contribution < -0.4 is 11.1 Å². The van der Waals surface area contributed by atoms with E-state index >= 15 is 0 Å². The van der Waals surface area contributed by atoms with Gasteiger partial charge < -0.3 is 11.1 Å². The molecule has 0 fully saturated rings. The highest BCUT2D eigenvalue weighted by Gasteiger charge is 2.07. The van der Waals surface area contributed by atoms with Gasteiger partial charge in [0.05, 0.1) is 6.54 Å². The van der Waals surface area contributed by atoms with Crippen LogP contribution in [0.4, 0.5) is 5.82 Å². The van der Waals surface area contributed by atoms with Crippen LogP contribution in [0.2, 0.25) is 0 Å². The SMILES string of the molecule is Nc1ccc(C(=O)NCc2cc(Br)cs2)nn1. The minimum atomic E-state index is -0.262. The largest absolute Gasteiger partial charge is 0.382 e. The first-order valence-corrected chi connectivity index (χ1v) is 6.43. The minimum Gasteiger partial charge on any atom is -0.382 e. The zero-order valence-corrected chi connectivity index (χ0v) is 11.1. The van der Waals surface area contributed by atoms with Gasteiger partial charge in [-0.05, 0) is 34.1 Å². The van der Waals surface area contributed by atoms with Crippen LogP contribution in [0.1, 0.15) is 15.4 Å². The molecule has 88 valence electrons. The Morgan fingerprint density at radius 2 is 2.29 bits per heavy atom. The fourth-order valence-electron chi connectivity index (χ4n) is 1.17. The molecule has 2 aromatic rings. The second-order valence-electron chi connectivity index (χ2n) is 3.26. The van der Waals surface area contributed by atoms with Crippen molar-refractivity contribution in [1.82, 2.24) is 15.5 Å². The van der Waals surface area contributed by atoms with Crippen LogP contribution >= 0.6 is 27.3 Å². The highest BCUT2D eigenvalue weighted by Crippen LogP contribution is 2.19. The number of carbonyl (C=O) groups excluding carboxylic acids is 1. The molecule has 0 saturated heterocycles. The molecule has 5 nitrogen and oxygen atoms in total. The van der Waals surface area contributed by atoms with Gasteiger partial charge in [-0.2, -0.15) is 0 Å². The summed E-state index contributed by atoms with van der Waals surface area (Å²) in [5.74, 6) is 0.0331. The van der Waals surface area contributed by atoms with Gasteiger partial charge in [0.15, 0.2) is 5.69 Å². The fourth-order valence-corrected chi connectivity index (χ4v) is 2.56. The Hall–Kier alpha value is -1.47. The highest BCUT2D eigenvalue weighted by atomic mass is 79.9. The van der Waals surface area contributed by atoms with E-state index in [2.05, 4.69) is 31.4 Å². The van der Waals surface area contributed by atoms with E-state index in [0.29, 0.717) is 12.4 Å². The van der Waals surface area contributed by atoms with Crippen molar-refractivity contribution in [3.05, 3.63) is 38.6 Å². The summed E-state index contributed by atoms with van der Waals surface area (Å²) in [7, 11) is 0. The lowest BCUT2D eigenvalue weighted by molar-refractivity contribution is 0.0945. The highest BCUT2D eigenvalue weighted by molar-refractivity contribution is 9.10. The van der Waals surface area contributed by atoms with Gasteiger partial charge in [0.1, 0.15) is 5.82 Å². The van der Waals surface area contributed by atoms with Crippen molar-refractivity contribution >= 4 is 39.0 Å². The molecule has 7 heteroatoms. The van der Waals surface area contributed by atoms with Crippen molar-refractivity contribution in [3.63, 3.8) is 0 Å². The fraction of sp³-hybridized carbons (Fsp3) is 0.100. The van der Waals surface area contributed by atoms with Crippen molar-refractivity contribution in [2.24, 2.45) is 0 Å². The third-order valence-electron chi connectivity index (χ3n) is 1.96. The van der Waals surface area contributed by atoms with Crippen LogP contribution in [0, 0.1) is 0 Å². The van der Waals surface area contributed by atoms with Crippen LogP contribution in [0.25, 0.3) is 0 Å². The molecule has 0 atom stereocenters. The van der Waals surface area contributed by atoms with Crippen molar-refractivity contribution in [3.8, 4) is 0 Å². The molecular weight excluding hydrogens is 304 g/mol. The number of carbonyl (C=O) groups is 1. The van der Waals surface area contributed by atoms with Gasteiger partial charge in [-0.3, -0.25) is 4.79 Å². The van der Waals surface area contributed by atoms with Gasteiger partial charge >= 0.3 is 0 Å². The summed E-state index contributed by atoms with van der Waals surface area (Å²) in [6.45, 7) is 0.473. The first-order chi connectivity index (χ1) is 8.15. The predicted octanol–water partition coefficient (Wildman–Crippen LogP) is 1.81. The van der Waals surface area contributed by atoms with Crippen LogP contribution in [0.3, 0.4) is 0 Å². The summed E-state index contributed by atoms with van der Waals surface area (Å²) < 4.78 is 1.01. The maximum absolute atomic E-state index is 11.7. The Morgan fingerprint density at radius 3 is 2.88 bits per heavy atom. The summed E-state index contributed by atoms with van der Waals surface area (Å²) >= 11 is 4.93. The van der Waals surface area contributed by atoms with Crippen LogP contribution in [-0.4, -0.2) is 16.1 Å². The van der Waals surface area contributed by atoms with E-state index in [9.17, 15) is 4.79 Å². The Kier molecular flexibility index (Phi) is 3.70. The molecule has 1 amide bonds. The second-order valence-corrected chi connectivity index (χ2v) is 5.17. The molecule has 17 heavy (non-hydrogen) atoms. The van der Waals surface area contributed by atoms with Crippen LogP contribution in [0.5, 0.6) is 0 Å². The molecule has 0 saturated carbocycles. The molecule has 2 aromatic heterocycles. The van der Waals surface area contributed by atoms with Gasteiger partial charge in [-0.15, -0.1) is 21.5 Å². The number of anilines is 1.